The summed E-state index contributed by atoms with van der Waals surface area (Å²) in [5.74, 6) is 1.25. The first-order valence-corrected chi connectivity index (χ1v) is 8.82. The molecule has 0 aliphatic heterocycles. The molecule has 5 nitrogen and oxygen atoms in total. The van der Waals surface area contributed by atoms with E-state index in [9.17, 15) is 0 Å². The van der Waals surface area contributed by atoms with Crippen molar-refractivity contribution in [1.82, 2.24) is 9.97 Å². The van der Waals surface area contributed by atoms with Crippen LogP contribution in [0.5, 0.6) is 0 Å². The molecule has 4 rings (SSSR count). The SMILES string of the molecule is Cc1ccc2nc(CN=C(N)Nc3cccc4c3CCCC4)[nH]c2c1.I. The summed E-state index contributed by atoms with van der Waals surface area (Å²) in [6.07, 6.45) is 4.77. The van der Waals surface area contributed by atoms with Crippen LogP contribution in [0.2, 0.25) is 0 Å². The number of fused-ring (bicyclic) bond motifs is 2. The van der Waals surface area contributed by atoms with Crippen LogP contribution in [0.1, 0.15) is 35.4 Å². The molecule has 1 aromatic heterocycles. The lowest BCUT2D eigenvalue weighted by atomic mass is 9.90. The van der Waals surface area contributed by atoms with E-state index >= 15 is 0 Å². The van der Waals surface area contributed by atoms with Crippen LogP contribution in [0.15, 0.2) is 41.4 Å². The summed E-state index contributed by atoms with van der Waals surface area (Å²) in [7, 11) is 0. The van der Waals surface area contributed by atoms with Gasteiger partial charge in [-0.2, -0.15) is 0 Å². The number of anilines is 1. The van der Waals surface area contributed by atoms with Crippen molar-refractivity contribution in [2.24, 2.45) is 10.7 Å². The van der Waals surface area contributed by atoms with E-state index in [0.717, 1.165) is 35.4 Å². The normalized spacial score (nSPS) is 14.0. The molecule has 0 radical (unpaired) electrons. The van der Waals surface area contributed by atoms with E-state index in [4.69, 9.17) is 5.73 Å². The lowest BCUT2D eigenvalue weighted by Gasteiger charge is -2.19. The first-order valence-electron chi connectivity index (χ1n) is 8.82. The third-order valence-corrected chi connectivity index (χ3v) is 4.74. The zero-order valence-electron chi connectivity index (χ0n) is 14.9. The van der Waals surface area contributed by atoms with E-state index in [1.165, 1.54) is 29.5 Å². The summed E-state index contributed by atoms with van der Waals surface area (Å²) in [6, 6.07) is 12.5. The Labute approximate surface area is 170 Å². The van der Waals surface area contributed by atoms with Gasteiger partial charge in [-0.3, -0.25) is 0 Å². The summed E-state index contributed by atoms with van der Waals surface area (Å²) >= 11 is 0. The van der Waals surface area contributed by atoms with Gasteiger partial charge in [-0.1, -0.05) is 18.2 Å². The number of nitrogens with two attached hydrogens (primary N) is 1. The predicted molar refractivity (Wildman–Crippen MR) is 118 cm³/mol. The summed E-state index contributed by atoms with van der Waals surface area (Å²) in [5.41, 5.74) is 13.2. The Balaban J connectivity index is 0.00000196. The number of nitrogens with one attached hydrogen (secondary N) is 2. The van der Waals surface area contributed by atoms with Gasteiger partial charge in [-0.15, -0.1) is 24.0 Å². The largest absolute Gasteiger partial charge is 0.370 e. The van der Waals surface area contributed by atoms with Crippen LogP contribution in [0.25, 0.3) is 11.0 Å². The number of benzene rings is 2. The molecular weight excluding hydrogens is 437 g/mol. The fraction of sp³-hybridized carbons (Fsp3) is 0.300. The molecule has 6 heteroatoms. The monoisotopic (exact) mass is 461 g/mol. The van der Waals surface area contributed by atoms with Crippen LogP contribution in [0.3, 0.4) is 0 Å². The van der Waals surface area contributed by atoms with Gasteiger partial charge in [0.2, 0.25) is 0 Å². The van der Waals surface area contributed by atoms with Gasteiger partial charge in [0.25, 0.3) is 0 Å². The molecule has 3 aromatic rings. The zero-order chi connectivity index (χ0) is 17.2. The van der Waals surface area contributed by atoms with E-state index in [1.807, 2.05) is 6.07 Å². The molecule has 136 valence electrons. The number of aromatic nitrogens is 2. The van der Waals surface area contributed by atoms with Gasteiger partial charge in [0.05, 0.1) is 11.0 Å². The average molecular weight is 461 g/mol. The number of nitrogens with zero attached hydrogens (tertiary/aromatic N) is 2. The van der Waals surface area contributed by atoms with Crippen LogP contribution < -0.4 is 11.1 Å². The second-order valence-electron chi connectivity index (χ2n) is 6.68. The highest BCUT2D eigenvalue weighted by atomic mass is 127. The molecule has 4 N–H and O–H groups in total. The second kappa shape index (κ2) is 8.07. The van der Waals surface area contributed by atoms with Gasteiger partial charge in [0, 0.05) is 5.69 Å². The molecule has 0 unspecified atom stereocenters. The maximum atomic E-state index is 6.10. The number of H-pyrrole nitrogens is 1. The minimum absolute atomic E-state index is 0. The third kappa shape index (κ3) is 4.00. The van der Waals surface area contributed by atoms with Crippen LogP contribution >= 0.6 is 24.0 Å². The van der Waals surface area contributed by atoms with Gasteiger partial charge in [-0.25, -0.2) is 9.98 Å². The van der Waals surface area contributed by atoms with Crippen molar-refractivity contribution in [1.29, 1.82) is 0 Å². The molecule has 0 fully saturated rings. The number of aryl methyl sites for hydroxylation is 2. The molecule has 0 amide bonds. The van der Waals surface area contributed by atoms with E-state index in [2.05, 4.69) is 57.5 Å². The number of rotatable bonds is 3. The van der Waals surface area contributed by atoms with Gasteiger partial charge in [0.1, 0.15) is 12.4 Å². The molecule has 0 spiro atoms. The molecule has 1 heterocycles. The van der Waals surface area contributed by atoms with E-state index in [-0.39, 0.29) is 24.0 Å². The Bertz CT molecular complexity index is 945. The first-order chi connectivity index (χ1) is 12.2. The van der Waals surface area contributed by atoms with E-state index < -0.39 is 0 Å². The quantitative estimate of drug-likeness (QED) is 0.309. The number of halogens is 1. The smallest absolute Gasteiger partial charge is 0.193 e. The van der Waals surface area contributed by atoms with Crippen LogP contribution in [-0.2, 0) is 19.4 Å². The minimum atomic E-state index is 0. The Hall–Kier alpha value is -2.09. The van der Waals surface area contributed by atoms with Crippen molar-refractivity contribution >= 4 is 46.7 Å². The van der Waals surface area contributed by atoms with Crippen LogP contribution in [-0.4, -0.2) is 15.9 Å². The molecule has 0 atom stereocenters. The minimum Gasteiger partial charge on any atom is -0.370 e. The van der Waals surface area contributed by atoms with Gasteiger partial charge >= 0.3 is 0 Å². The fourth-order valence-electron chi connectivity index (χ4n) is 3.49. The van der Waals surface area contributed by atoms with Crippen molar-refractivity contribution in [2.75, 3.05) is 5.32 Å². The fourth-order valence-corrected chi connectivity index (χ4v) is 3.49. The number of hydrogen-bond acceptors (Lipinski definition) is 2. The zero-order valence-corrected chi connectivity index (χ0v) is 17.2. The number of imidazole rings is 1. The van der Waals surface area contributed by atoms with Gasteiger partial charge in [0.15, 0.2) is 5.96 Å². The third-order valence-electron chi connectivity index (χ3n) is 4.74. The van der Waals surface area contributed by atoms with Crippen LogP contribution in [0.4, 0.5) is 5.69 Å². The summed E-state index contributed by atoms with van der Waals surface area (Å²) in [4.78, 5) is 12.3. The van der Waals surface area contributed by atoms with E-state index in [0.29, 0.717) is 12.5 Å². The highest BCUT2D eigenvalue weighted by molar-refractivity contribution is 14.0. The Morgan fingerprint density at radius 3 is 2.96 bits per heavy atom. The Kier molecular flexibility index (Phi) is 5.80. The summed E-state index contributed by atoms with van der Waals surface area (Å²) < 4.78 is 0. The maximum absolute atomic E-state index is 6.10. The van der Waals surface area contributed by atoms with Crippen molar-refractivity contribution in [3.8, 4) is 0 Å². The molecule has 1 aliphatic rings. The number of guanidine groups is 1. The predicted octanol–water partition coefficient (Wildman–Crippen LogP) is 4.29. The highest BCUT2D eigenvalue weighted by Crippen LogP contribution is 2.27. The average Bonchev–Trinajstić information content (AvgIpc) is 3.02. The Morgan fingerprint density at radius 1 is 1.23 bits per heavy atom. The van der Waals surface area contributed by atoms with Crippen LogP contribution in [0, 0.1) is 6.92 Å². The molecular formula is C20H24IN5. The lowest BCUT2D eigenvalue weighted by molar-refractivity contribution is 0.687. The van der Waals surface area contributed by atoms with Crippen molar-refractivity contribution in [2.45, 2.75) is 39.2 Å². The topological polar surface area (TPSA) is 79.1 Å². The number of aliphatic imine (C=N–C) groups is 1. The maximum Gasteiger partial charge on any atom is 0.193 e. The first kappa shape index (κ1) is 18.7. The summed E-state index contributed by atoms with van der Waals surface area (Å²) in [5, 5.41) is 3.27. The lowest BCUT2D eigenvalue weighted by Crippen LogP contribution is -2.24. The molecule has 0 bridgehead atoms. The second-order valence-corrected chi connectivity index (χ2v) is 6.68. The molecule has 1 aliphatic carbocycles. The van der Waals surface area contributed by atoms with Gasteiger partial charge in [-0.05, 0) is 67.5 Å². The molecule has 2 aromatic carbocycles. The van der Waals surface area contributed by atoms with E-state index in [1.54, 1.807) is 0 Å². The summed E-state index contributed by atoms with van der Waals surface area (Å²) in [6.45, 7) is 2.50. The molecule has 0 saturated heterocycles. The van der Waals surface area contributed by atoms with Crippen molar-refractivity contribution in [3.05, 3.63) is 58.9 Å². The van der Waals surface area contributed by atoms with Crippen molar-refractivity contribution in [3.63, 3.8) is 0 Å². The number of hydrogen-bond donors (Lipinski definition) is 3. The van der Waals surface area contributed by atoms with Crippen molar-refractivity contribution < 1.29 is 0 Å². The molecule has 26 heavy (non-hydrogen) atoms. The number of aromatic amines is 1. The Morgan fingerprint density at radius 2 is 2.08 bits per heavy atom. The standard InChI is InChI=1S/C20H23N5.HI/c1-13-9-10-17-18(11-13)24-19(23-17)12-22-20(21)25-16-8-4-6-14-5-2-3-7-15(14)16;/h4,6,8-11H,2-3,5,7,12H2,1H3,(H,23,24)(H3,21,22,25);1H. The molecule has 0 saturated carbocycles. The highest BCUT2D eigenvalue weighted by Gasteiger charge is 2.13. The van der Waals surface area contributed by atoms with Gasteiger partial charge < -0.3 is 16.0 Å².